The summed E-state index contributed by atoms with van der Waals surface area (Å²) in [6, 6.07) is 0. The van der Waals surface area contributed by atoms with Gasteiger partial charge in [-0.3, -0.25) is 0 Å². The van der Waals surface area contributed by atoms with Crippen LogP contribution in [0.15, 0.2) is 0 Å². The van der Waals surface area contributed by atoms with E-state index in [0.717, 1.165) is 0 Å². The van der Waals surface area contributed by atoms with Crippen LogP contribution in [0.4, 0.5) is 0 Å². The summed E-state index contributed by atoms with van der Waals surface area (Å²) in [5.74, 6) is 0. The van der Waals surface area contributed by atoms with Crippen LogP contribution in [0.3, 0.4) is 0 Å². The van der Waals surface area contributed by atoms with Crippen molar-refractivity contribution in [3.8, 4) is 0 Å². The molecule has 0 atom stereocenters. The van der Waals surface area contributed by atoms with Gasteiger partial charge in [0, 0.05) is 0 Å². The van der Waals surface area contributed by atoms with Crippen LogP contribution < -0.4 is 0 Å². The second-order valence-electron chi connectivity index (χ2n) is 1.49. The second-order valence-corrected chi connectivity index (χ2v) is 2.53. The fourth-order valence-corrected chi connectivity index (χ4v) is 1.96. The molecule has 0 spiro atoms. The molecule has 0 saturated carbocycles. The van der Waals surface area contributed by atoms with Gasteiger partial charge in [-0.1, -0.05) is 0 Å². The molecule has 0 rings (SSSR count). The Hall–Kier alpha value is 0.778. The summed E-state index contributed by atoms with van der Waals surface area (Å²) < 4.78 is 1.32. The van der Waals surface area contributed by atoms with Crippen LogP contribution in [-0.2, 0) is 0 Å². The molecule has 0 aliphatic heterocycles. The van der Waals surface area contributed by atoms with Gasteiger partial charge in [-0.2, -0.15) is 0 Å². The van der Waals surface area contributed by atoms with Crippen molar-refractivity contribution in [2.24, 2.45) is 0 Å². The molecule has 0 unspecified atom stereocenters. The quantitative estimate of drug-likeness (QED) is 0.588. The minimum absolute atomic E-state index is 1.22. The van der Waals surface area contributed by atoms with Crippen LogP contribution in [0.5, 0.6) is 0 Å². The molecule has 0 aromatic carbocycles. The summed E-state index contributed by atoms with van der Waals surface area (Å²) in [6.07, 6.45) is 0. The van der Waals surface area contributed by atoms with E-state index in [1.807, 2.05) is 0 Å². The summed E-state index contributed by atoms with van der Waals surface area (Å²) in [7, 11) is 0. The Balaban J connectivity index is 2.99. The van der Waals surface area contributed by atoms with E-state index in [1.54, 1.807) is 0 Å². The van der Waals surface area contributed by atoms with Gasteiger partial charge in [0.15, 0.2) is 0 Å². The SMILES string of the molecule is CCN(CC)[CH2][SbH2]. The molecular formula is C5H14NSb. The first-order valence-corrected chi connectivity index (χ1v) is 5.10. The molecule has 0 bridgehead atoms. The zero-order chi connectivity index (χ0) is 5.70. The average Bonchev–Trinajstić information content (AvgIpc) is 1.72. The van der Waals surface area contributed by atoms with E-state index < -0.39 is 0 Å². The first kappa shape index (κ1) is 7.78. The van der Waals surface area contributed by atoms with E-state index in [2.05, 4.69) is 18.7 Å². The molecule has 0 aliphatic rings. The van der Waals surface area contributed by atoms with Crippen molar-refractivity contribution in [2.45, 2.75) is 13.8 Å². The second kappa shape index (κ2) is 4.93. The molecule has 0 radical (unpaired) electrons. The Morgan fingerprint density at radius 1 is 1.29 bits per heavy atom. The molecule has 0 fully saturated rings. The van der Waals surface area contributed by atoms with Gasteiger partial charge in [0.1, 0.15) is 0 Å². The standard InChI is InChI=1S/C5H12N.Sb.2H/c1-4-6(3)5-2;;;/h3-5H2,1-2H3;;;. The van der Waals surface area contributed by atoms with Crippen molar-refractivity contribution >= 4 is 23.0 Å². The summed E-state index contributed by atoms with van der Waals surface area (Å²) in [5.41, 5.74) is 0. The van der Waals surface area contributed by atoms with Crippen LogP contribution >= 0.6 is 0 Å². The van der Waals surface area contributed by atoms with Crippen LogP contribution in [0.25, 0.3) is 0 Å². The number of nitrogens with zero attached hydrogens (tertiary/aromatic N) is 1. The molecule has 0 aromatic rings. The van der Waals surface area contributed by atoms with E-state index >= 15 is 0 Å². The van der Waals surface area contributed by atoms with Gasteiger partial charge in [-0.05, 0) is 0 Å². The third-order valence-corrected chi connectivity index (χ3v) is 2.63. The van der Waals surface area contributed by atoms with E-state index in [0.29, 0.717) is 0 Å². The van der Waals surface area contributed by atoms with Crippen molar-refractivity contribution in [2.75, 3.05) is 17.6 Å². The minimum atomic E-state index is 1.22. The summed E-state index contributed by atoms with van der Waals surface area (Å²) in [6.45, 7) is 6.86. The molecule has 0 saturated heterocycles. The number of rotatable bonds is 3. The summed E-state index contributed by atoms with van der Waals surface area (Å²) in [4.78, 5) is 2.43. The molecule has 0 aliphatic carbocycles. The van der Waals surface area contributed by atoms with Gasteiger partial charge in [0.25, 0.3) is 0 Å². The van der Waals surface area contributed by atoms with Crippen molar-refractivity contribution in [1.29, 1.82) is 0 Å². The predicted octanol–water partition coefficient (Wildman–Crippen LogP) is -0.0812. The Bertz CT molecular complexity index is 29.6. The first-order chi connectivity index (χ1) is 3.35. The Morgan fingerprint density at radius 3 is 1.71 bits per heavy atom. The maximum atomic E-state index is 2.43. The molecule has 2 heteroatoms. The van der Waals surface area contributed by atoms with Crippen molar-refractivity contribution in [3.05, 3.63) is 0 Å². The maximum absolute atomic E-state index is 2.43. The van der Waals surface area contributed by atoms with Gasteiger partial charge in [-0.15, -0.1) is 0 Å². The van der Waals surface area contributed by atoms with Gasteiger partial charge >= 0.3 is 59.4 Å². The van der Waals surface area contributed by atoms with Crippen molar-refractivity contribution < 1.29 is 0 Å². The topological polar surface area (TPSA) is 3.24 Å². The Kier molecular flexibility index (Phi) is 5.47. The molecule has 44 valence electrons. The fraction of sp³-hybridized carbons (Fsp3) is 1.00. The first-order valence-electron chi connectivity index (χ1n) is 2.77. The molecular weight excluding hydrogens is 196 g/mol. The number of hydrogen-bond acceptors (Lipinski definition) is 1. The van der Waals surface area contributed by atoms with Gasteiger partial charge in [0.05, 0.1) is 0 Å². The van der Waals surface area contributed by atoms with Crippen molar-refractivity contribution in [3.63, 3.8) is 0 Å². The van der Waals surface area contributed by atoms with E-state index in [4.69, 9.17) is 0 Å². The molecule has 0 amide bonds. The monoisotopic (exact) mass is 209 g/mol. The third kappa shape index (κ3) is 3.37. The van der Waals surface area contributed by atoms with Crippen molar-refractivity contribution in [1.82, 2.24) is 4.90 Å². The summed E-state index contributed by atoms with van der Waals surface area (Å²) >= 11 is 1.37. The average molecular weight is 210 g/mol. The Morgan fingerprint density at radius 2 is 1.71 bits per heavy atom. The Labute approximate surface area is 59.6 Å². The molecule has 7 heavy (non-hydrogen) atoms. The van der Waals surface area contributed by atoms with Gasteiger partial charge in [-0.25, -0.2) is 0 Å². The molecule has 1 nitrogen and oxygen atoms in total. The zero-order valence-corrected chi connectivity index (χ0v) is 8.44. The van der Waals surface area contributed by atoms with Crippen LogP contribution in [0.2, 0.25) is 0 Å². The zero-order valence-electron chi connectivity index (χ0n) is 5.15. The van der Waals surface area contributed by atoms with Gasteiger partial charge < -0.3 is 0 Å². The van der Waals surface area contributed by atoms with Crippen LogP contribution in [0, 0.1) is 0 Å². The summed E-state index contributed by atoms with van der Waals surface area (Å²) in [5, 5.41) is 0. The normalized spacial score (nSPS) is 10.3. The van der Waals surface area contributed by atoms with Gasteiger partial charge in [0.2, 0.25) is 0 Å². The molecule has 0 aromatic heterocycles. The predicted molar refractivity (Wildman–Crippen MR) is 36.3 cm³/mol. The van der Waals surface area contributed by atoms with Crippen LogP contribution in [0.1, 0.15) is 13.8 Å². The number of hydrogen-bond donors (Lipinski definition) is 0. The third-order valence-electron chi connectivity index (χ3n) is 1.15. The van der Waals surface area contributed by atoms with E-state index in [1.165, 1.54) is 40.6 Å². The van der Waals surface area contributed by atoms with E-state index in [9.17, 15) is 0 Å². The van der Waals surface area contributed by atoms with E-state index in [-0.39, 0.29) is 0 Å². The molecule has 0 heterocycles. The fourth-order valence-electron chi connectivity index (χ4n) is 0.482. The van der Waals surface area contributed by atoms with Crippen LogP contribution in [-0.4, -0.2) is 45.5 Å². The molecule has 0 N–H and O–H groups in total.